The van der Waals surface area contributed by atoms with Crippen LogP contribution < -0.4 is 20.4 Å². The number of aromatic nitrogens is 2. The minimum absolute atomic E-state index is 0.285. The summed E-state index contributed by atoms with van der Waals surface area (Å²) in [5.41, 5.74) is 7.04. The van der Waals surface area contributed by atoms with Crippen LogP contribution in [0, 0.1) is 0 Å². The second kappa shape index (κ2) is 15.0. The number of methoxy groups -OCH3 is 1. The zero-order valence-corrected chi connectivity index (χ0v) is 24.1. The van der Waals surface area contributed by atoms with E-state index in [9.17, 15) is 4.79 Å². The van der Waals surface area contributed by atoms with Gasteiger partial charge in [-0.05, 0) is 79.9 Å². The summed E-state index contributed by atoms with van der Waals surface area (Å²) in [5, 5.41) is 3.28. The van der Waals surface area contributed by atoms with Crippen molar-refractivity contribution in [2.45, 2.75) is 32.8 Å². The number of rotatable bonds is 14. The van der Waals surface area contributed by atoms with E-state index in [-0.39, 0.29) is 18.6 Å². The lowest BCUT2D eigenvalue weighted by molar-refractivity contribution is -0.0329. The number of anilines is 3. The molecule has 1 saturated heterocycles. The van der Waals surface area contributed by atoms with Crippen molar-refractivity contribution in [1.82, 2.24) is 20.3 Å². The summed E-state index contributed by atoms with van der Waals surface area (Å²) in [6.45, 7) is 13.2. The number of amides is 1. The summed E-state index contributed by atoms with van der Waals surface area (Å²) < 4.78 is 10.5. The van der Waals surface area contributed by atoms with Crippen molar-refractivity contribution in [3.05, 3.63) is 84.4 Å². The molecule has 1 aromatic heterocycles. The van der Waals surface area contributed by atoms with Crippen molar-refractivity contribution in [2.75, 3.05) is 56.7 Å². The van der Waals surface area contributed by atoms with E-state index >= 15 is 0 Å². The number of aryl methyl sites for hydroxylation is 2. The Hall–Kier alpha value is -4.15. The monoisotopic (exact) mass is 560 g/mol. The van der Waals surface area contributed by atoms with Gasteiger partial charge in [0.2, 0.25) is 5.95 Å². The number of carbonyl (C=O) groups excluding carboxylic acids is 1. The third-order valence-corrected chi connectivity index (χ3v) is 6.98. The first-order valence-corrected chi connectivity index (χ1v) is 14.0. The summed E-state index contributed by atoms with van der Waals surface area (Å²) >= 11 is 0. The van der Waals surface area contributed by atoms with Crippen molar-refractivity contribution in [3.63, 3.8) is 0 Å². The predicted molar refractivity (Wildman–Crippen MR) is 161 cm³/mol. The van der Waals surface area contributed by atoms with Crippen LogP contribution in [0.5, 0.6) is 5.75 Å². The normalized spacial score (nSPS) is 14.3. The van der Waals surface area contributed by atoms with Gasteiger partial charge in [0.1, 0.15) is 18.5 Å². The number of nitrogens with one attached hydrogen (secondary N) is 2. The van der Waals surface area contributed by atoms with Gasteiger partial charge >= 0.3 is 0 Å². The van der Waals surface area contributed by atoms with E-state index in [4.69, 9.17) is 14.3 Å². The molecule has 2 N–H and O–H groups in total. The molecule has 10 heteroatoms. The molecule has 0 aliphatic carbocycles. The van der Waals surface area contributed by atoms with Gasteiger partial charge in [-0.1, -0.05) is 13.5 Å². The highest BCUT2D eigenvalue weighted by Gasteiger charge is 2.16. The maximum atomic E-state index is 12.6. The van der Waals surface area contributed by atoms with Crippen LogP contribution in [0.4, 0.5) is 17.3 Å². The van der Waals surface area contributed by atoms with Crippen molar-refractivity contribution in [1.29, 1.82) is 0 Å². The van der Waals surface area contributed by atoms with Gasteiger partial charge in [-0.3, -0.25) is 9.63 Å². The van der Waals surface area contributed by atoms with E-state index in [0.717, 1.165) is 49.5 Å². The summed E-state index contributed by atoms with van der Waals surface area (Å²) in [6.07, 6.45) is 6.05. The smallest absolute Gasteiger partial charge is 0.274 e. The molecule has 41 heavy (non-hydrogen) atoms. The highest BCUT2D eigenvalue weighted by Crippen LogP contribution is 2.22. The molecule has 1 atom stereocenters. The predicted octanol–water partition coefficient (Wildman–Crippen LogP) is 4.37. The molecular formula is C31H40N6O4. The van der Waals surface area contributed by atoms with Gasteiger partial charge in [0.05, 0.1) is 13.4 Å². The van der Waals surface area contributed by atoms with Crippen LogP contribution in [0.2, 0.25) is 0 Å². The fourth-order valence-electron chi connectivity index (χ4n) is 4.55. The Balaban J connectivity index is 1.29. The van der Waals surface area contributed by atoms with Crippen LogP contribution in [0.15, 0.2) is 67.7 Å². The summed E-state index contributed by atoms with van der Waals surface area (Å²) in [4.78, 5) is 31.9. The molecule has 0 spiro atoms. The van der Waals surface area contributed by atoms with Gasteiger partial charge in [-0.25, -0.2) is 15.4 Å². The zero-order chi connectivity index (χ0) is 29.0. The number of hydrogen-bond donors (Lipinski definition) is 2. The second-order valence-electron chi connectivity index (χ2n) is 9.94. The van der Waals surface area contributed by atoms with Crippen molar-refractivity contribution >= 4 is 23.2 Å². The topological polar surface area (TPSA) is 101 Å². The highest BCUT2D eigenvalue weighted by atomic mass is 16.7. The molecule has 1 aliphatic heterocycles. The minimum atomic E-state index is -0.360. The van der Waals surface area contributed by atoms with Gasteiger partial charge in [0.15, 0.2) is 0 Å². The van der Waals surface area contributed by atoms with Crippen molar-refractivity contribution in [2.24, 2.45) is 0 Å². The molecule has 0 bridgehead atoms. The van der Waals surface area contributed by atoms with Gasteiger partial charge in [0, 0.05) is 55.5 Å². The van der Waals surface area contributed by atoms with Crippen molar-refractivity contribution in [3.8, 4) is 5.75 Å². The molecule has 1 amide bonds. The number of hydrogen-bond acceptors (Lipinski definition) is 9. The van der Waals surface area contributed by atoms with E-state index in [1.807, 2.05) is 24.5 Å². The first kappa shape index (κ1) is 29.8. The van der Waals surface area contributed by atoms with E-state index < -0.39 is 0 Å². The molecule has 218 valence electrons. The zero-order valence-electron chi connectivity index (χ0n) is 24.1. The number of nitrogens with zero attached hydrogens (tertiary/aromatic N) is 4. The minimum Gasteiger partial charge on any atom is -0.499 e. The van der Waals surface area contributed by atoms with Crippen LogP contribution in [-0.4, -0.2) is 73.3 Å². The number of likely N-dealkylation sites (N-methyl/N-ethyl adjacent to an activating group) is 1. The number of carbonyl (C=O) groups is 1. The Bertz CT molecular complexity index is 1260. The molecule has 1 fully saturated rings. The third kappa shape index (κ3) is 8.92. The lowest BCUT2D eigenvalue weighted by atomic mass is 10.0. The molecule has 10 nitrogen and oxygen atoms in total. The molecule has 0 radical (unpaired) electrons. The molecule has 0 saturated carbocycles. The van der Waals surface area contributed by atoms with E-state index in [1.165, 1.54) is 11.9 Å². The fraction of sp³-hybridized carbons (Fsp3) is 0.387. The van der Waals surface area contributed by atoms with Gasteiger partial charge in [-0.2, -0.15) is 0 Å². The maximum absolute atomic E-state index is 12.6. The molecule has 4 rings (SSSR count). The van der Waals surface area contributed by atoms with Crippen LogP contribution in [0.3, 0.4) is 0 Å². The summed E-state index contributed by atoms with van der Waals surface area (Å²) in [5.74, 6) is 0.785. The summed E-state index contributed by atoms with van der Waals surface area (Å²) in [6, 6.07) is 13.8. The molecular weight excluding hydrogens is 520 g/mol. The number of benzene rings is 2. The van der Waals surface area contributed by atoms with Gasteiger partial charge < -0.3 is 24.6 Å². The maximum Gasteiger partial charge on any atom is 0.274 e. The average molecular weight is 561 g/mol. The average Bonchev–Trinajstić information content (AvgIpc) is 3.02. The fourth-order valence-corrected chi connectivity index (χ4v) is 4.55. The first-order chi connectivity index (χ1) is 20.0. The number of hydroxylamine groups is 1. The first-order valence-electron chi connectivity index (χ1n) is 14.0. The quantitative estimate of drug-likeness (QED) is 0.220. The summed E-state index contributed by atoms with van der Waals surface area (Å²) in [7, 11) is 1.58. The largest absolute Gasteiger partial charge is 0.499 e. The highest BCUT2D eigenvalue weighted by molar-refractivity contribution is 5.94. The Morgan fingerprint density at radius 2 is 1.76 bits per heavy atom. The Morgan fingerprint density at radius 1 is 1.05 bits per heavy atom. The van der Waals surface area contributed by atoms with Crippen LogP contribution >= 0.6 is 0 Å². The molecule has 1 unspecified atom stereocenters. The van der Waals surface area contributed by atoms with Crippen LogP contribution in [-0.2, 0) is 22.4 Å². The lowest BCUT2D eigenvalue weighted by Gasteiger charge is -2.35. The molecule has 2 heterocycles. The van der Waals surface area contributed by atoms with Crippen LogP contribution in [0.25, 0.3) is 0 Å². The Kier molecular flexibility index (Phi) is 10.9. The third-order valence-electron chi connectivity index (χ3n) is 6.98. The number of piperazine rings is 1. The van der Waals surface area contributed by atoms with E-state index in [0.29, 0.717) is 30.1 Å². The van der Waals surface area contributed by atoms with Crippen LogP contribution in [0.1, 0.15) is 35.3 Å². The number of ether oxygens (including phenoxy) is 2. The molecule has 2 aromatic carbocycles. The SMILES string of the molecule is C=COCC(C)ONC(=O)c1cc(CCc2cnc(Nc3ccc(N4CCN(CC)CC4)cc3)nc2)cc(OC)c1. The Labute approximate surface area is 242 Å². The van der Waals surface area contributed by atoms with Crippen molar-refractivity contribution < 1.29 is 19.1 Å². The van der Waals surface area contributed by atoms with Gasteiger partial charge in [0.25, 0.3) is 5.91 Å². The molecule has 1 aliphatic rings. The standard InChI is InChI=1S/C31H40N6O4/c1-5-36-13-15-37(16-14-36)28-11-9-27(10-12-28)34-31-32-20-25(21-33-31)8-7-24-17-26(19-29(18-24)39-4)30(38)35-41-23(3)22-40-6-2/h6,9-12,17-21,23H,2,5,7-8,13-16,22H2,1,3-4H3,(H,35,38)(H,32,33,34). The van der Waals surface area contributed by atoms with E-state index in [1.54, 1.807) is 20.1 Å². The van der Waals surface area contributed by atoms with E-state index in [2.05, 4.69) is 68.3 Å². The van der Waals surface area contributed by atoms with Gasteiger partial charge in [-0.15, -0.1) is 0 Å². The second-order valence-corrected chi connectivity index (χ2v) is 9.94. The Morgan fingerprint density at radius 3 is 2.41 bits per heavy atom. The molecule has 3 aromatic rings. The lowest BCUT2D eigenvalue weighted by Crippen LogP contribution is -2.46.